The average Bonchev–Trinajstić information content (AvgIpc) is 2.83. The first-order valence-electron chi connectivity index (χ1n) is 6.05. The van der Waals surface area contributed by atoms with E-state index >= 15 is 0 Å². The lowest BCUT2D eigenvalue weighted by atomic mass is 10.0. The topological polar surface area (TPSA) is 51.5 Å². The van der Waals surface area contributed by atoms with Crippen LogP contribution in [0.5, 0.6) is 0 Å². The number of carbonyl (C=O) groups excluding carboxylic acids is 1. The lowest BCUT2D eigenvalue weighted by Gasteiger charge is -2.19. The normalized spacial score (nSPS) is 12.7. The van der Waals surface area contributed by atoms with E-state index in [0.717, 1.165) is 18.6 Å². The number of hydrogen-bond acceptors (Lipinski definition) is 3. The van der Waals surface area contributed by atoms with Crippen molar-refractivity contribution < 1.29 is 13.9 Å². The quantitative estimate of drug-likeness (QED) is 0.795. The van der Waals surface area contributed by atoms with Gasteiger partial charge in [0, 0.05) is 13.0 Å². The number of furan rings is 1. The Morgan fingerprint density at radius 3 is 2.65 bits per heavy atom. The van der Waals surface area contributed by atoms with Gasteiger partial charge in [-0.25, -0.2) is 0 Å². The summed E-state index contributed by atoms with van der Waals surface area (Å²) < 4.78 is 10.4. The first-order valence-corrected chi connectivity index (χ1v) is 6.05. The molecule has 1 atom stereocenters. The highest BCUT2D eigenvalue weighted by molar-refractivity contribution is 5.78. The smallest absolute Gasteiger partial charge is 0.223 e. The first kappa shape index (κ1) is 13.8. The molecular weight excluding hydrogens is 218 g/mol. The van der Waals surface area contributed by atoms with Crippen LogP contribution < -0.4 is 5.32 Å². The minimum atomic E-state index is -0.205. The number of carbonyl (C=O) groups is 1. The minimum Gasteiger partial charge on any atom is -0.467 e. The zero-order valence-electron chi connectivity index (χ0n) is 10.7. The lowest BCUT2D eigenvalue weighted by molar-refractivity contribution is -0.126. The van der Waals surface area contributed by atoms with Gasteiger partial charge in [0.2, 0.25) is 5.91 Å². The fourth-order valence-corrected chi connectivity index (χ4v) is 1.80. The second-order valence-electron chi connectivity index (χ2n) is 4.05. The average molecular weight is 239 g/mol. The highest BCUT2D eigenvalue weighted by atomic mass is 16.5. The first-order chi connectivity index (χ1) is 8.22. The molecule has 1 N–H and O–H groups in total. The van der Waals surface area contributed by atoms with Crippen LogP contribution in [0.1, 0.15) is 38.5 Å². The maximum atomic E-state index is 12.0. The standard InChI is InChI=1S/C13H21NO3/c1-4-10(5-2)13(15)14-11(9-16-3)12-7-6-8-17-12/h6-8,10-11H,4-5,9H2,1-3H3,(H,14,15). The van der Waals surface area contributed by atoms with Crippen molar-refractivity contribution in [2.24, 2.45) is 5.92 Å². The van der Waals surface area contributed by atoms with Gasteiger partial charge >= 0.3 is 0 Å². The largest absolute Gasteiger partial charge is 0.467 e. The molecule has 1 amide bonds. The van der Waals surface area contributed by atoms with E-state index in [2.05, 4.69) is 5.32 Å². The Kier molecular flexibility index (Phi) is 5.77. The Bertz CT molecular complexity index is 317. The Hall–Kier alpha value is -1.29. The van der Waals surface area contributed by atoms with Gasteiger partial charge in [0.05, 0.1) is 12.9 Å². The highest BCUT2D eigenvalue weighted by Crippen LogP contribution is 2.16. The molecule has 1 rings (SSSR count). The number of amides is 1. The molecule has 4 nitrogen and oxygen atoms in total. The van der Waals surface area contributed by atoms with Gasteiger partial charge in [0.15, 0.2) is 0 Å². The summed E-state index contributed by atoms with van der Waals surface area (Å²) in [5, 5.41) is 2.96. The van der Waals surface area contributed by atoms with E-state index in [4.69, 9.17) is 9.15 Å². The van der Waals surface area contributed by atoms with E-state index in [1.165, 1.54) is 0 Å². The molecule has 0 bridgehead atoms. The molecule has 0 saturated carbocycles. The highest BCUT2D eigenvalue weighted by Gasteiger charge is 2.21. The summed E-state index contributed by atoms with van der Waals surface area (Å²) in [6.45, 7) is 4.46. The fourth-order valence-electron chi connectivity index (χ4n) is 1.80. The third-order valence-electron chi connectivity index (χ3n) is 2.89. The second-order valence-corrected chi connectivity index (χ2v) is 4.05. The van der Waals surface area contributed by atoms with Gasteiger partial charge in [-0.2, -0.15) is 0 Å². The van der Waals surface area contributed by atoms with Crippen LogP contribution in [0, 0.1) is 5.92 Å². The van der Waals surface area contributed by atoms with Crippen LogP contribution in [0.2, 0.25) is 0 Å². The van der Waals surface area contributed by atoms with Gasteiger partial charge in [0.1, 0.15) is 11.8 Å². The maximum absolute atomic E-state index is 12.0. The van der Waals surface area contributed by atoms with Gasteiger partial charge in [-0.3, -0.25) is 4.79 Å². The molecule has 0 spiro atoms. The summed E-state index contributed by atoms with van der Waals surface area (Å²) >= 11 is 0. The molecule has 1 aromatic rings. The van der Waals surface area contributed by atoms with Gasteiger partial charge in [-0.15, -0.1) is 0 Å². The van der Waals surface area contributed by atoms with E-state index in [1.807, 2.05) is 19.9 Å². The summed E-state index contributed by atoms with van der Waals surface area (Å²) in [4.78, 5) is 12.0. The van der Waals surface area contributed by atoms with Crippen LogP contribution in [0.25, 0.3) is 0 Å². The predicted octanol–water partition coefficient (Wildman–Crippen LogP) is 2.52. The van der Waals surface area contributed by atoms with Crippen LogP contribution in [0.3, 0.4) is 0 Å². The van der Waals surface area contributed by atoms with Crippen LogP contribution in [0.15, 0.2) is 22.8 Å². The molecule has 0 radical (unpaired) electrons. The van der Waals surface area contributed by atoms with Crippen molar-refractivity contribution in [2.45, 2.75) is 32.7 Å². The lowest BCUT2D eigenvalue weighted by Crippen LogP contribution is -2.35. The zero-order valence-corrected chi connectivity index (χ0v) is 10.7. The SMILES string of the molecule is CCC(CC)C(=O)NC(COC)c1ccco1. The summed E-state index contributed by atoms with van der Waals surface area (Å²) in [7, 11) is 1.61. The molecule has 0 saturated heterocycles. The fraction of sp³-hybridized carbons (Fsp3) is 0.615. The molecule has 0 aliphatic heterocycles. The van der Waals surface area contributed by atoms with Crippen LogP contribution >= 0.6 is 0 Å². The Morgan fingerprint density at radius 2 is 2.18 bits per heavy atom. The molecule has 0 aromatic carbocycles. The number of methoxy groups -OCH3 is 1. The Labute approximate surface area is 102 Å². The summed E-state index contributed by atoms with van der Waals surface area (Å²) in [5.74, 6) is 0.851. The van der Waals surface area contributed by atoms with E-state index in [-0.39, 0.29) is 17.9 Å². The van der Waals surface area contributed by atoms with Crippen molar-refractivity contribution >= 4 is 5.91 Å². The van der Waals surface area contributed by atoms with Crippen molar-refractivity contribution in [3.8, 4) is 0 Å². The summed E-state index contributed by atoms with van der Waals surface area (Å²) in [6.07, 6.45) is 3.29. The van der Waals surface area contributed by atoms with Crippen LogP contribution in [-0.2, 0) is 9.53 Å². The number of nitrogens with one attached hydrogen (secondary N) is 1. The molecule has 1 heterocycles. The van der Waals surface area contributed by atoms with Crippen molar-refractivity contribution in [1.82, 2.24) is 5.32 Å². The summed E-state index contributed by atoms with van der Waals surface area (Å²) in [6, 6.07) is 3.45. The number of hydrogen-bond donors (Lipinski definition) is 1. The van der Waals surface area contributed by atoms with Crippen molar-refractivity contribution in [3.63, 3.8) is 0 Å². The summed E-state index contributed by atoms with van der Waals surface area (Å²) in [5.41, 5.74) is 0. The number of ether oxygens (including phenoxy) is 1. The van der Waals surface area contributed by atoms with Crippen molar-refractivity contribution in [3.05, 3.63) is 24.2 Å². The third kappa shape index (κ3) is 3.89. The Balaban J connectivity index is 2.64. The van der Waals surface area contributed by atoms with Crippen LogP contribution in [0.4, 0.5) is 0 Å². The van der Waals surface area contributed by atoms with Gasteiger partial charge in [-0.1, -0.05) is 13.8 Å². The minimum absolute atomic E-state index is 0.0596. The molecule has 96 valence electrons. The molecular formula is C13H21NO3. The van der Waals surface area contributed by atoms with Crippen molar-refractivity contribution in [1.29, 1.82) is 0 Å². The van der Waals surface area contributed by atoms with Gasteiger partial charge < -0.3 is 14.5 Å². The predicted molar refractivity (Wildman–Crippen MR) is 65.5 cm³/mol. The molecule has 0 fully saturated rings. The molecule has 17 heavy (non-hydrogen) atoms. The van der Waals surface area contributed by atoms with Gasteiger partial charge in [-0.05, 0) is 25.0 Å². The van der Waals surface area contributed by atoms with E-state index < -0.39 is 0 Å². The molecule has 4 heteroatoms. The van der Waals surface area contributed by atoms with Crippen LogP contribution in [-0.4, -0.2) is 19.6 Å². The maximum Gasteiger partial charge on any atom is 0.223 e. The number of rotatable bonds is 7. The van der Waals surface area contributed by atoms with E-state index in [9.17, 15) is 4.79 Å². The molecule has 0 aliphatic carbocycles. The monoisotopic (exact) mass is 239 g/mol. The van der Waals surface area contributed by atoms with E-state index in [1.54, 1.807) is 19.4 Å². The Morgan fingerprint density at radius 1 is 1.47 bits per heavy atom. The molecule has 0 aliphatic rings. The second kappa shape index (κ2) is 7.12. The van der Waals surface area contributed by atoms with Gasteiger partial charge in [0.25, 0.3) is 0 Å². The third-order valence-corrected chi connectivity index (χ3v) is 2.89. The van der Waals surface area contributed by atoms with E-state index in [0.29, 0.717) is 6.61 Å². The molecule has 1 unspecified atom stereocenters. The zero-order chi connectivity index (χ0) is 12.7. The van der Waals surface area contributed by atoms with Crippen molar-refractivity contribution in [2.75, 3.05) is 13.7 Å². The molecule has 1 aromatic heterocycles.